The van der Waals surface area contributed by atoms with Gasteiger partial charge in [0.1, 0.15) is 5.75 Å². The molecule has 2 N–H and O–H groups in total. The minimum atomic E-state index is 0.113. The highest BCUT2D eigenvalue weighted by Crippen LogP contribution is 2.18. The van der Waals surface area contributed by atoms with E-state index in [4.69, 9.17) is 10.5 Å². The average Bonchev–Trinajstić information content (AvgIpc) is 2.48. The van der Waals surface area contributed by atoms with Crippen LogP contribution in [0.25, 0.3) is 0 Å². The van der Waals surface area contributed by atoms with Crippen LogP contribution in [-0.4, -0.2) is 11.6 Å². The number of nitrogens with zero attached hydrogens (tertiary/aromatic N) is 1. The topological polar surface area (TPSA) is 48.1 Å². The molecular formula is C16H20N2O. The molecular weight excluding hydrogens is 236 g/mol. The van der Waals surface area contributed by atoms with E-state index in [0.717, 1.165) is 29.8 Å². The van der Waals surface area contributed by atoms with Crippen molar-refractivity contribution in [2.24, 2.45) is 5.73 Å². The van der Waals surface area contributed by atoms with Gasteiger partial charge in [-0.2, -0.15) is 0 Å². The van der Waals surface area contributed by atoms with Gasteiger partial charge in [0.05, 0.1) is 6.61 Å². The molecule has 0 saturated carbocycles. The zero-order chi connectivity index (χ0) is 13.5. The van der Waals surface area contributed by atoms with E-state index >= 15 is 0 Å². The van der Waals surface area contributed by atoms with Crippen molar-refractivity contribution in [1.82, 2.24) is 4.98 Å². The van der Waals surface area contributed by atoms with E-state index in [0.29, 0.717) is 6.61 Å². The molecule has 19 heavy (non-hydrogen) atoms. The van der Waals surface area contributed by atoms with E-state index in [1.807, 2.05) is 42.5 Å². The minimum Gasteiger partial charge on any atom is -0.493 e. The fraction of sp³-hybridized carbons (Fsp3) is 0.312. The van der Waals surface area contributed by atoms with Gasteiger partial charge in [0, 0.05) is 24.4 Å². The second-order valence-corrected chi connectivity index (χ2v) is 4.50. The lowest BCUT2D eigenvalue weighted by molar-refractivity contribution is 0.320. The van der Waals surface area contributed by atoms with Gasteiger partial charge in [0.15, 0.2) is 0 Å². The fourth-order valence-electron chi connectivity index (χ4n) is 1.87. The number of ether oxygens (including phenoxy) is 1. The van der Waals surface area contributed by atoms with Crippen molar-refractivity contribution < 1.29 is 4.74 Å². The van der Waals surface area contributed by atoms with Crippen molar-refractivity contribution in [1.29, 1.82) is 0 Å². The number of hydrogen-bond donors (Lipinski definition) is 1. The number of benzene rings is 1. The molecule has 0 aliphatic heterocycles. The lowest BCUT2D eigenvalue weighted by atomic mass is 10.1. The zero-order valence-electron chi connectivity index (χ0n) is 11.3. The molecule has 1 unspecified atom stereocenters. The molecule has 0 amide bonds. The van der Waals surface area contributed by atoms with Crippen LogP contribution in [0.3, 0.4) is 0 Å². The smallest absolute Gasteiger partial charge is 0.119 e. The van der Waals surface area contributed by atoms with E-state index < -0.39 is 0 Å². The molecule has 100 valence electrons. The third-order valence-electron chi connectivity index (χ3n) is 3.10. The molecule has 0 bridgehead atoms. The lowest BCUT2D eigenvalue weighted by Crippen LogP contribution is -2.08. The summed E-state index contributed by atoms with van der Waals surface area (Å²) in [6.07, 6.45) is 3.56. The first kappa shape index (κ1) is 13.6. The normalized spacial score (nSPS) is 12.1. The van der Waals surface area contributed by atoms with Crippen LogP contribution in [-0.2, 0) is 6.42 Å². The summed E-state index contributed by atoms with van der Waals surface area (Å²) >= 11 is 0. The molecule has 1 atom stereocenters. The molecule has 0 spiro atoms. The van der Waals surface area contributed by atoms with Crippen molar-refractivity contribution in [3.8, 4) is 5.75 Å². The summed E-state index contributed by atoms with van der Waals surface area (Å²) < 4.78 is 5.70. The molecule has 3 nitrogen and oxygen atoms in total. The molecule has 1 aromatic carbocycles. The summed E-state index contributed by atoms with van der Waals surface area (Å²) in [5.74, 6) is 0.878. The maximum absolute atomic E-state index is 5.97. The Kier molecular flexibility index (Phi) is 4.93. The fourth-order valence-corrected chi connectivity index (χ4v) is 1.87. The van der Waals surface area contributed by atoms with Crippen LogP contribution in [0, 0.1) is 0 Å². The van der Waals surface area contributed by atoms with Crippen LogP contribution >= 0.6 is 0 Å². The number of pyridine rings is 1. The quantitative estimate of drug-likeness (QED) is 0.864. The van der Waals surface area contributed by atoms with Crippen molar-refractivity contribution in [2.45, 2.75) is 25.8 Å². The first-order valence-corrected chi connectivity index (χ1v) is 6.68. The van der Waals surface area contributed by atoms with Crippen molar-refractivity contribution in [2.75, 3.05) is 6.61 Å². The van der Waals surface area contributed by atoms with Crippen molar-refractivity contribution in [3.63, 3.8) is 0 Å². The number of aromatic nitrogens is 1. The summed E-state index contributed by atoms with van der Waals surface area (Å²) in [4.78, 5) is 4.26. The van der Waals surface area contributed by atoms with Crippen molar-refractivity contribution in [3.05, 3.63) is 59.9 Å². The van der Waals surface area contributed by atoms with Gasteiger partial charge in [0.2, 0.25) is 0 Å². The van der Waals surface area contributed by atoms with Gasteiger partial charge in [-0.3, -0.25) is 4.98 Å². The third kappa shape index (κ3) is 4.07. The maximum Gasteiger partial charge on any atom is 0.119 e. The van der Waals surface area contributed by atoms with E-state index in [1.165, 1.54) is 0 Å². The molecule has 1 heterocycles. The van der Waals surface area contributed by atoms with Gasteiger partial charge in [-0.1, -0.05) is 25.1 Å². The Morgan fingerprint density at radius 3 is 2.58 bits per heavy atom. The van der Waals surface area contributed by atoms with E-state index in [9.17, 15) is 0 Å². The minimum absolute atomic E-state index is 0.113. The highest BCUT2D eigenvalue weighted by molar-refractivity contribution is 5.29. The first-order chi connectivity index (χ1) is 9.29. The van der Waals surface area contributed by atoms with Crippen LogP contribution in [0.2, 0.25) is 0 Å². The first-order valence-electron chi connectivity index (χ1n) is 6.68. The van der Waals surface area contributed by atoms with Crippen molar-refractivity contribution >= 4 is 0 Å². The molecule has 2 aromatic rings. The van der Waals surface area contributed by atoms with E-state index in [2.05, 4.69) is 11.9 Å². The van der Waals surface area contributed by atoms with Gasteiger partial charge in [-0.15, -0.1) is 0 Å². The van der Waals surface area contributed by atoms with Crippen LogP contribution < -0.4 is 10.5 Å². The molecule has 0 fully saturated rings. The summed E-state index contributed by atoms with van der Waals surface area (Å²) in [5, 5.41) is 0. The number of hydrogen-bond acceptors (Lipinski definition) is 3. The van der Waals surface area contributed by atoms with Gasteiger partial charge in [-0.05, 0) is 36.2 Å². The Balaban J connectivity index is 1.83. The van der Waals surface area contributed by atoms with Gasteiger partial charge < -0.3 is 10.5 Å². The lowest BCUT2D eigenvalue weighted by Gasteiger charge is -2.10. The molecule has 1 aromatic heterocycles. The predicted octanol–water partition coefficient (Wildman–Crippen LogP) is 3.11. The van der Waals surface area contributed by atoms with Crippen LogP contribution in [0.1, 0.15) is 30.6 Å². The zero-order valence-corrected chi connectivity index (χ0v) is 11.3. The largest absolute Gasteiger partial charge is 0.493 e. The van der Waals surface area contributed by atoms with Gasteiger partial charge >= 0.3 is 0 Å². The standard InChI is InChI=1S/C16H20N2O/c1-2-16(17)13-6-8-15(9-7-13)19-12-10-14-5-3-4-11-18-14/h3-9,11,16H,2,10,12,17H2,1H3. The second kappa shape index (κ2) is 6.90. The third-order valence-corrected chi connectivity index (χ3v) is 3.10. The highest BCUT2D eigenvalue weighted by atomic mass is 16.5. The Hall–Kier alpha value is -1.87. The van der Waals surface area contributed by atoms with Gasteiger partial charge in [0.25, 0.3) is 0 Å². The Bertz CT molecular complexity index is 482. The Labute approximate surface area is 114 Å². The summed E-state index contributed by atoms with van der Waals surface area (Å²) in [6.45, 7) is 2.72. The van der Waals surface area contributed by atoms with E-state index in [1.54, 1.807) is 6.20 Å². The van der Waals surface area contributed by atoms with Crippen LogP contribution in [0.4, 0.5) is 0 Å². The maximum atomic E-state index is 5.97. The number of nitrogens with two attached hydrogens (primary N) is 1. The van der Waals surface area contributed by atoms with Crippen LogP contribution in [0.5, 0.6) is 5.75 Å². The Morgan fingerprint density at radius 1 is 1.16 bits per heavy atom. The molecule has 0 saturated heterocycles. The van der Waals surface area contributed by atoms with Gasteiger partial charge in [-0.25, -0.2) is 0 Å². The molecule has 0 radical (unpaired) electrons. The average molecular weight is 256 g/mol. The molecule has 0 aliphatic rings. The molecule has 2 rings (SSSR count). The monoisotopic (exact) mass is 256 g/mol. The molecule has 0 aliphatic carbocycles. The predicted molar refractivity (Wildman–Crippen MR) is 77.1 cm³/mol. The summed E-state index contributed by atoms with van der Waals surface area (Å²) in [7, 11) is 0. The number of rotatable bonds is 6. The van der Waals surface area contributed by atoms with Crippen LogP contribution in [0.15, 0.2) is 48.7 Å². The second-order valence-electron chi connectivity index (χ2n) is 4.50. The van der Waals surface area contributed by atoms with E-state index in [-0.39, 0.29) is 6.04 Å². The highest BCUT2D eigenvalue weighted by Gasteiger charge is 2.03. The SMILES string of the molecule is CCC(N)c1ccc(OCCc2ccccn2)cc1. The molecule has 3 heteroatoms. The summed E-state index contributed by atoms with van der Waals surface area (Å²) in [5.41, 5.74) is 8.17. The summed E-state index contributed by atoms with van der Waals surface area (Å²) in [6, 6.07) is 14.0. The Morgan fingerprint density at radius 2 is 1.95 bits per heavy atom.